The van der Waals surface area contributed by atoms with Crippen molar-refractivity contribution in [3.8, 4) is 11.5 Å². The Morgan fingerprint density at radius 3 is 2.41 bits per heavy atom. The fourth-order valence-electron chi connectivity index (χ4n) is 2.61. The van der Waals surface area contributed by atoms with E-state index in [-0.39, 0.29) is 36.3 Å². The minimum atomic E-state index is -2.90. The van der Waals surface area contributed by atoms with Crippen LogP contribution in [-0.4, -0.2) is 33.8 Å². The first-order chi connectivity index (χ1) is 13.5. The summed E-state index contributed by atoms with van der Waals surface area (Å²) in [7, 11) is 4.80. The number of guanidine groups is 1. The predicted molar refractivity (Wildman–Crippen MR) is 119 cm³/mol. The summed E-state index contributed by atoms with van der Waals surface area (Å²) in [5, 5.41) is 6.29. The van der Waals surface area contributed by atoms with Gasteiger partial charge in [-0.15, -0.1) is 24.0 Å². The number of hydrogen-bond acceptors (Lipinski definition) is 4. The molecule has 0 aliphatic heterocycles. The van der Waals surface area contributed by atoms with Crippen molar-refractivity contribution in [1.82, 2.24) is 10.6 Å². The van der Waals surface area contributed by atoms with E-state index in [0.717, 1.165) is 11.1 Å². The van der Waals surface area contributed by atoms with Crippen LogP contribution < -0.4 is 20.1 Å². The van der Waals surface area contributed by atoms with Crippen molar-refractivity contribution in [2.24, 2.45) is 4.99 Å². The number of halogens is 3. The summed E-state index contributed by atoms with van der Waals surface area (Å²) in [5.41, 5.74) is 2.68. The van der Waals surface area contributed by atoms with Gasteiger partial charge in [0, 0.05) is 32.8 Å². The SMILES string of the molecule is CN=C(NCc1cccc(COC)c1)NCc1cc(OC)ccc1OC(F)F.I. The number of alkyl halides is 2. The third-order valence-electron chi connectivity index (χ3n) is 3.92. The summed E-state index contributed by atoms with van der Waals surface area (Å²) in [6, 6.07) is 12.7. The molecule has 6 nitrogen and oxygen atoms in total. The van der Waals surface area contributed by atoms with Gasteiger partial charge in [-0.3, -0.25) is 4.99 Å². The van der Waals surface area contributed by atoms with Crippen molar-refractivity contribution >= 4 is 29.9 Å². The highest BCUT2D eigenvalue weighted by Gasteiger charge is 2.11. The zero-order valence-electron chi connectivity index (χ0n) is 16.6. The Bertz CT molecular complexity index is 791. The molecule has 0 aliphatic rings. The molecule has 0 radical (unpaired) electrons. The topological polar surface area (TPSA) is 64.1 Å². The van der Waals surface area contributed by atoms with Gasteiger partial charge in [-0.2, -0.15) is 8.78 Å². The number of nitrogens with zero attached hydrogens (tertiary/aromatic N) is 1. The van der Waals surface area contributed by atoms with Crippen molar-refractivity contribution in [3.63, 3.8) is 0 Å². The Balaban J connectivity index is 0.00000420. The molecule has 29 heavy (non-hydrogen) atoms. The van der Waals surface area contributed by atoms with Crippen LogP contribution in [0.1, 0.15) is 16.7 Å². The molecule has 0 atom stereocenters. The average Bonchev–Trinajstić information content (AvgIpc) is 2.69. The van der Waals surface area contributed by atoms with Crippen molar-refractivity contribution in [3.05, 3.63) is 59.2 Å². The standard InChI is InChI=1S/C20H25F2N3O3.HI/c1-23-20(24-11-14-5-4-6-15(9-14)13-26-2)25-12-16-10-17(27-3)7-8-18(16)28-19(21)22;/h4-10,19H,11-13H2,1-3H3,(H2,23,24,25);1H. The second-order valence-electron chi connectivity index (χ2n) is 5.88. The quantitative estimate of drug-likeness (QED) is 0.298. The molecule has 0 saturated heterocycles. The lowest BCUT2D eigenvalue weighted by molar-refractivity contribution is -0.0504. The van der Waals surface area contributed by atoms with Gasteiger partial charge in [0.15, 0.2) is 5.96 Å². The molecule has 2 aromatic carbocycles. The first-order valence-corrected chi connectivity index (χ1v) is 8.68. The van der Waals surface area contributed by atoms with Gasteiger partial charge < -0.3 is 24.8 Å². The van der Waals surface area contributed by atoms with Crippen LogP contribution in [0.4, 0.5) is 8.78 Å². The largest absolute Gasteiger partial charge is 0.497 e. The third-order valence-corrected chi connectivity index (χ3v) is 3.92. The van der Waals surface area contributed by atoms with E-state index in [1.54, 1.807) is 26.3 Å². The molecule has 0 unspecified atom stereocenters. The monoisotopic (exact) mass is 521 g/mol. The van der Waals surface area contributed by atoms with Gasteiger partial charge in [-0.25, -0.2) is 0 Å². The zero-order chi connectivity index (χ0) is 20.4. The second-order valence-corrected chi connectivity index (χ2v) is 5.88. The number of nitrogens with one attached hydrogen (secondary N) is 2. The molecule has 2 aromatic rings. The number of aliphatic imine (C=N–C) groups is 1. The number of ether oxygens (including phenoxy) is 3. The Morgan fingerprint density at radius 2 is 1.76 bits per heavy atom. The smallest absolute Gasteiger partial charge is 0.387 e. The first-order valence-electron chi connectivity index (χ1n) is 8.68. The number of hydrogen-bond donors (Lipinski definition) is 2. The summed E-state index contributed by atoms with van der Waals surface area (Å²) in [6.45, 7) is -1.56. The maximum atomic E-state index is 12.6. The van der Waals surface area contributed by atoms with E-state index < -0.39 is 6.61 Å². The minimum absolute atomic E-state index is 0. The number of benzene rings is 2. The molecule has 0 spiro atoms. The lowest BCUT2D eigenvalue weighted by Crippen LogP contribution is -2.36. The predicted octanol–water partition coefficient (Wildman–Crippen LogP) is 3.93. The summed E-state index contributed by atoms with van der Waals surface area (Å²) >= 11 is 0. The summed E-state index contributed by atoms with van der Waals surface area (Å²) in [6.07, 6.45) is 0. The van der Waals surface area contributed by atoms with Crippen LogP contribution >= 0.6 is 24.0 Å². The van der Waals surface area contributed by atoms with Crippen LogP contribution in [0.2, 0.25) is 0 Å². The molecule has 0 heterocycles. The van der Waals surface area contributed by atoms with Gasteiger partial charge in [-0.05, 0) is 29.3 Å². The molecule has 0 aromatic heterocycles. The third kappa shape index (κ3) is 8.40. The molecule has 9 heteroatoms. The van der Waals surface area contributed by atoms with Gasteiger partial charge in [0.2, 0.25) is 0 Å². The average molecular weight is 521 g/mol. The lowest BCUT2D eigenvalue weighted by atomic mass is 10.1. The Hall–Kier alpha value is -2.14. The second kappa shape index (κ2) is 13.2. The molecule has 0 saturated carbocycles. The van der Waals surface area contributed by atoms with E-state index in [1.165, 1.54) is 13.2 Å². The fraction of sp³-hybridized carbons (Fsp3) is 0.350. The van der Waals surface area contributed by atoms with Crippen LogP contribution in [0, 0.1) is 0 Å². The highest BCUT2D eigenvalue weighted by Crippen LogP contribution is 2.25. The number of methoxy groups -OCH3 is 2. The van der Waals surface area contributed by atoms with Crippen LogP contribution in [-0.2, 0) is 24.4 Å². The van der Waals surface area contributed by atoms with E-state index in [2.05, 4.69) is 20.4 Å². The maximum Gasteiger partial charge on any atom is 0.387 e. The fourth-order valence-corrected chi connectivity index (χ4v) is 2.61. The summed E-state index contributed by atoms with van der Waals surface area (Å²) in [4.78, 5) is 4.16. The molecule has 0 amide bonds. The van der Waals surface area contributed by atoms with Gasteiger partial charge in [0.25, 0.3) is 0 Å². The van der Waals surface area contributed by atoms with Crippen molar-refractivity contribution in [2.45, 2.75) is 26.3 Å². The molecular formula is C20H26F2IN3O3. The molecule has 2 rings (SSSR count). The molecule has 0 bridgehead atoms. The Kier molecular flexibility index (Phi) is 11.3. The normalized spacial score (nSPS) is 11.0. The van der Waals surface area contributed by atoms with Crippen LogP contribution in [0.3, 0.4) is 0 Å². The van der Waals surface area contributed by atoms with E-state index >= 15 is 0 Å². The van der Waals surface area contributed by atoms with Crippen molar-refractivity contribution in [2.75, 3.05) is 21.3 Å². The van der Waals surface area contributed by atoms with Gasteiger partial charge >= 0.3 is 6.61 Å². The highest BCUT2D eigenvalue weighted by molar-refractivity contribution is 14.0. The molecule has 2 N–H and O–H groups in total. The van der Waals surface area contributed by atoms with Crippen LogP contribution in [0.15, 0.2) is 47.5 Å². The van der Waals surface area contributed by atoms with E-state index in [1.807, 2.05) is 24.3 Å². The van der Waals surface area contributed by atoms with Gasteiger partial charge in [0.1, 0.15) is 11.5 Å². The van der Waals surface area contributed by atoms with Crippen LogP contribution in [0.5, 0.6) is 11.5 Å². The summed E-state index contributed by atoms with van der Waals surface area (Å²) in [5.74, 6) is 1.17. The maximum absolute atomic E-state index is 12.6. The van der Waals surface area contributed by atoms with Gasteiger partial charge in [0.05, 0.1) is 13.7 Å². The first kappa shape index (κ1) is 24.9. The Morgan fingerprint density at radius 1 is 1.03 bits per heavy atom. The molecule has 0 aliphatic carbocycles. The van der Waals surface area contributed by atoms with E-state index in [4.69, 9.17) is 9.47 Å². The Labute approximate surface area is 186 Å². The molecule has 0 fully saturated rings. The summed E-state index contributed by atoms with van der Waals surface area (Å²) < 4.78 is 40.1. The number of rotatable bonds is 9. The van der Waals surface area contributed by atoms with Crippen molar-refractivity contribution < 1.29 is 23.0 Å². The zero-order valence-corrected chi connectivity index (χ0v) is 18.9. The van der Waals surface area contributed by atoms with E-state index in [9.17, 15) is 8.78 Å². The van der Waals surface area contributed by atoms with Crippen molar-refractivity contribution in [1.29, 1.82) is 0 Å². The molecule has 160 valence electrons. The van der Waals surface area contributed by atoms with Gasteiger partial charge in [-0.1, -0.05) is 24.3 Å². The molecular weight excluding hydrogens is 495 g/mol. The highest BCUT2D eigenvalue weighted by atomic mass is 127. The lowest BCUT2D eigenvalue weighted by Gasteiger charge is -2.15. The van der Waals surface area contributed by atoms with E-state index in [0.29, 0.717) is 30.4 Å². The minimum Gasteiger partial charge on any atom is -0.497 e. The van der Waals surface area contributed by atoms with Crippen LogP contribution in [0.25, 0.3) is 0 Å².